The van der Waals surface area contributed by atoms with Gasteiger partial charge in [0.05, 0.1) is 5.69 Å². The molecule has 1 unspecified atom stereocenters. The number of para-hydroxylation sites is 1. The quantitative estimate of drug-likeness (QED) is 0.752. The summed E-state index contributed by atoms with van der Waals surface area (Å²) in [6.45, 7) is 4.60. The Morgan fingerprint density at radius 3 is 2.38 bits per heavy atom. The summed E-state index contributed by atoms with van der Waals surface area (Å²) in [5.41, 5.74) is 1.70. The van der Waals surface area contributed by atoms with Gasteiger partial charge in [0.1, 0.15) is 0 Å². The molecule has 2 aromatic rings. The predicted octanol–water partition coefficient (Wildman–Crippen LogP) is 2.52. The number of nitrogens with one attached hydrogen (secondary N) is 1. The van der Waals surface area contributed by atoms with Gasteiger partial charge >= 0.3 is 0 Å². The summed E-state index contributed by atoms with van der Waals surface area (Å²) >= 11 is 0. The first-order chi connectivity index (χ1) is 11.8. The second kappa shape index (κ2) is 9.69. The molecular formula is C20H27ClN2O3. The highest BCUT2D eigenvalue weighted by atomic mass is 35.5. The van der Waals surface area contributed by atoms with Crippen LogP contribution in [0.15, 0.2) is 54.6 Å². The number of carbonyl (C=O) groups excluding carboxylic acids is 1. The lowest BCUT2D eigenvalue weighted by Crippen LogP contribution is -2.43. The summed E-state index contributed by atoms with van der Waals surface area (Å²) < 4.78 is 5.87. The zero-order valence-electron chi connectivity index (χ0n) is 15.2. The highest BCUT2D eigenvalue weighted by molar-refractivity contribution is 6.09. The third-order valence-corrected chi connectivity index (χ3v) is 4.59. The van der Waals surface area contributed by atoms with E-state index in [1.807, 2.05) is 59.5 Å². The lowest BCUT2D eigenvalue weighted by atomic mass is 9.87. The molecule has 0 saturated heterocycles. The van der Waals surface area contributed by atoms with Crippen molar-refractivity contribution >= 4 is 24.0 Å². The smallest absolute Gasteiger partial charge is 0.268 e. The van der Waals surface area contributed by atoms with Crippen molar-refractivity contribution in [2.45, 2.75) is 18.9 Å². The van der Waals surface area contributed by atoms with Crippen molar-refractivity contribution in [3.05, 3.63) is 65.7 Å². The molecule has 1 aliphatic rings. The van der Waals surface area contributed by atoms with Crippen LogP contribution in [0.3, 0.4) is 0 Å². The van der Waals surface area contributed by atoms with Gasteiger partial charge in [-0.3, -0.25) is 4.79 Å². The Hall–Kier alpha value is -1.92. The standard InChI is InChI=1S/C20H24N2O2.ClH.H2O/c1-3-21-14-9-15-22-18-13-8-7-12-17(18)20(24-2,19(22)23)16-10-5-4-6-11-16;;/h4-8,10-13,21H,3,9,14-15H2,1-2H3;1H;1H2. The topological polar surface area (TPSA) is 73.1 Å². The van der Waals surface area contributed by atoms with E-state index in [0.717, 1.165) is 36.3 Å². The van der Waals surface area contributed by atoms with Gasteiger partial charge in [0.15, 0.2) is 5.60 Å². The Labute approximate surface area is 161 Å². The van der Waals surface area contributed by atoms with Crippen LogP contribution in [0.1, 0.15) is 24.5 Å². The minimum absolute atomic E-state index is 0. The number of carbonyl (C=O) groups is 1. The van der Waals surface area contributed by atoms with E-state index in [4.69, 9.17) is 4.74 Å². The average molecular weight is 379 g/mol. The largest absolute Gasteiger partial charge is 0.412 e. The number of fused-ring (bicyclic) bond motifs is 1. The van der Waals surface area contributed by atoms with Crippen LogP contribution in [0.2, 0.25) is 0 Å². The lowest BCUT2D eigenvalue weighted by molar-refractivity contribution is -0.135. The molecule has 3 rings (SSSR count). The molecule has 0 aliphatic carbocycles. The van der Waals surface area contributed by atoms with E-state index in [-0.39, 0.29) is 23.8 Å². The van der Waals surface area contributed by atoms with Gasteiger partial charge in [0.2, 0.25) is 0 Å². The van der Waals surface area contributed by atoms with Crippen molar-refractivity contribution in [3.8, 4) is 0 Å². The fourth-order valence-electron chi connectivity index (χ4n) is 3.45. The minimum atomic E-state index is -1.05. The van der Waals surface area contributed by atoms with Crippen molar-refractivity contribution in [1.82, 2.24) is 5.32 Å². The molecule has 26 heavy (non-hydrogen) atoms. The van der Waals surface area contributed by atoms with Gasteiger partial charge in [-0.25, -0.2) is 0 Å². The van der Waals surface area contributed by atoms with Crippen molar-refractivity contribution in [1.29, 1.82) is 0 Å². The summed E-state index contributed by atoms with van der Waals surface area (Å²) in [7, 11) is 1.61. The fourth-order valence-corrected chi connectivity index (χ4v) is 3.45. The molecule has 0 spiro atoms. The molecule has 2 aromatic carbocycles. The van der Waals surface area contributed by atoms with E-state index in [1.54, 1.807) is 7.11 Å². The van der Waals surface area contributed by atoms with Crippen molar-refractivity contribution < 1.29 is 15.0 Å². The highest BCUT2D eigenvalue weighted by Gasteiger charge is 2.52. The first-order valence-corrected chi connectivity index (χ1v) is 8.48. The average Bonchev–Trinajstić information content (AvgIpc) is 2.88. The monoisotopic (exact) mass is 378 g/mol. The van der Waals surface area contributed by atoms with Crippen LogP contribution < -0.4 is 10.2 Å². The van der Waals surface area contributed by atoms with Gasteiger partial charge in [-0.1, -0.05) is 55.5 Å². The Morgan fingerprint density at radius 1 is 1.08 bits per heavy atom. The molecule has 1 amide bonds. The molecule has 142 valence electrons. The molecular weight excluding hydrogens is 352 g/mol. The summed E-state index contributed by atoms with van der Waals surface area (Å²) in [6.07, 6.45) is 0.905. The van der Waals surface area contributed by atoms with Crippen LogP contribution in [0, 0.1) is 0 Å². The second-order valence-electron chi connectivity index (χ2n) is 5.93. The summed E-state index contributed by atoms with van der Waals surface area (Å²) in [6, 6.07) is 17.7. The molecule has 0 saturated carbocycles. The predicted molar refractivity (Wildman–Crippen MR) is 107 cm³/mol. The summed E-state index contributed by atoms with van der Waals surface area (Å²) in [5.74, 6) is -0.00565. The minimum Gasteiger partial charge on any atom is -0.412 e. The zero-order chi connectivity index (χ0) is 17.0. The molecule has 0 aromatic heterocycles. The number of halogens is 1. The van der Waals surface area contributed by atoms with Gasteiger partial charge in [0.25, 0.3) is 5.91 Å². The van der Waals surface area contributed by atoms with Crippen molar-refractivity contribution in [3.63, 3.8) is 0 Å². The number of rotatable bonds is 7. The van der Waals surface area contributed by atoms with Gasteiger partial charge in [-0.2, -0.15) is 0 Å². The number of benzene rings is 2. The van der Waals surface area contributed by atoms with E-state index in [0.29, 0.717) is 6.54 Å². The Morgan fingerprint density at radius 2 is 1.73 bits per heavy atom. The van der Waals surface area contributed by atoms with E-state index in [2.05, 4.69) is 12.2 Å². The summed E-state index contributed by atoms with van der Waals surface area (Å²) in [4.78, 5) is 15.2. The summed E-state index contributed by atoms with van der Waals surface area (Å²) in [5, 5.41) is 3.31. The molecule has 1 aliphatic heterocycles. The van der Waals surface area contributed by atoms with Crippen LogP contribution in [0.4, 0.5) is 5.69 Å². The first kappa shape index (κ1) is 22.1. The zero-order valence-corrected chi connectivity index (χ0v) is 16.0. The number of nitrogens with zero attached hydrogens (tertiary/aromatic N) is 1. The normalized spacial score (nSPS) is 18.1. The van der Waals surface area contributed by atoms with Crippen LogP contribution in [-0.2, 0) is 15.1 Å². The van der Waals surface area contributed by atoms with Crippen LogP contribution in [-0.4, -0.2) is 38.1 Å². The lowest BCUT2D eigenvalue weighted by Gasteiger charge is -2.28. The molecule has 5 nitrogen and oxygen atoms in total. The molecule has 0 radical (unpaired) electrons. The number of hydrogen-bond donors (Lipinski definition) is 1. The maximum Gasteiger partial charge on any atom is 0.268 e. The molecule has 6 heteroatoms. The van der Waals surface area contributed by atoms with Gasteiger partial charge in [0, 0.05) is 19.2 Å². The number of ether oxygens (including phenoxy) is 1. The maximum atomic E-state index is 13.4. The number of methoxy groups -OCH3 is 1. The third-order valence-electron chi connectivity index (χ3n) is 4.59. The molecule has 1 atom stereocenters. The van der Waals surface area contributed by atoms with E-state index in [9.17, 15) is 4.79 Å². The van der Waals surface area contributed by atoms with Crippen LogP contribution >= 0.6 is 12.4 Å². The Balaban J connectivity index is 0.00000169. The SMILES string of the molecule is CCNCCCN1C(=O)C(OC)(c2ccccc2)c2ccccc21.Cl.O. The number of hydrogen-bond acceptors (Lipinski definition) is 3. The van der Waals surface area contributed by atoms with Crippen LogP contribution in [0.25, 0.3) is 0 Å². The van der Waals surface area contributed by atoms with Gasteiger partial charge < -0.3 is 20.4 Å². The van der Waals surface area contributed by atoms with Gasteiger partial charge in [-0.05, 0) is 31.1 Å². The Kier molecular flexibility index (Phi) is 8.24. The number of anilines is 1. The van der Waals surface area contributed by atoms with E-state index in [1.165, 1.54) is 0 Å². The molecule has 1 heterocycles. The van der Waals surface area contributed by atoms with Crippen molar-refractivity contribution in [2.75, 3.05) is 31.6 Å². The van der Waals surface area contributed by atoms with Crippen LogP contribution in [0.5, 0.6) is 0 Å². The second-order valence-corrected chi connectivity index (χ2v) is 5.93. The first-order valence-electron chi connectivity index (χ1n) is 8.48. The van der Waals surface area contributed by atoms with E-state index < -0.39 is 5.60 Å². The molecule has 3 N–H and O–H groups in total. The Bertz CT molecular complexity index is 711. The highest BCUT2D eigenvalue weighted by Crippen LogP contribution is 2.46. The van der Waals surface area contributed by atoms with Crippen molar-refractivity contribution in [2.24, 2.45) is 0 Å². The van der Waals surface area contributed by atoms with Gasteiger partial charge in [-0.15, -0.1) is 12.4 Å². The maximum absolute atomic E-state index is 13.4. The number of amides is 1. The molecule has 0 bridgehead atoms. The van der Waals surface area contributed by atoms with E-state index >= 15 is 0 Å². The third kappa shape index (κ3) is 3.62. The molecule has 0 fully saturated rings. The fraction of sp³-hybridized carbons (Fsp3) is 0.350.